The molecule has 4 heterocycles. The second-order valence-electron chi connectivity index (χ2n) is 10.6. The van der Waals surface area contributed by atoms with Gasteiger partial charge in [0.05, 0.1) is 18.4 Å². The van der Waals surface area contributed by atoms with Gasteiger partial charge in [-0.25, -0.2) is 9.97 Å². The van der Waals surface area contributed by atoms with E-state index in [1.54, 1.807) is 0 Å². The zero-order chi connectivity index (χ0) is 25.2. The third kappa shape index (κ3) is 5.14. The zero-order valence-electron chi connectivity index (χ0n) is 21.8. The molecule has 0 spiro atoms. The monoisotopic (exact) mass is 487 g/mol. The van der Waals surface area contributed by atoms with Gasteiger partial charge in [0.1, 0.15) is 0 Å². The number of hydrogen-bond donors (Lipinski definition) is 1. The average molecular weight is 488 g/mol. The summed E-state index contributed by atoms with van der Waals surface area (Å²) in [5, 5.41) is 7.73. The third-order valence-corrected chi connectivity index (χ3v) is 7.60. The maximum atomic E-state index is 14.0. The Hall–Kier alpha value is -3.26. The van der Waals surface area contributed by atoms with Crippen molar-refractivity contribution in [3.63, 3.8) is 0 Å². The van der Waals surface area contributed by atoms with E-state index in [2.05, 4.69) is 77.3 Å². The molecular formula is C28H37N7O. The van der Waals surface area contributed by atoms with Crippen LogP contribution in [0.1, 0.15) is 61.5 Å². The van der Waals surface area contributed by atoms with Gasteiger partial charge in [-0.15, -0.1) is 0 Å². The maximum Gasteiger partial charge on any atom is 0.227 e. The summed E-state index contributed by atoms with van der Waals surface area (Å²) in [6.07, 6.45) is 7.50. The highest BCUT2D eigenvalue weighted by atomic mass is 16.2. The minimum absolute atomic E-state index is 0.00970. The molecule has 1 N–H and O–H groups in total. The standard InChI is InChI=1S/C28H37N7O/c1-19(2)35-16-21(14-31-35)13-29-28-30-15-23-12-20(3)34(18-26(23)32-28)27(36)24-10-11-33(4)17-25(24)22-8-6-5-7-9-22/h5-9,14-16,19-20,24-25H,10-13,17-18H2,1-4H3,(H,29,30,32)/t20-,24+,25-/m1/s1. The lowest BCUT2D eigenvalue weighted by Crippen LogP contribution is -2.50. The second-order valence-corrected chi connectivity index (χ2v) is 10.6. The SMILES string of the molecule is CC(C)n1cc(CNc2ncc3c(n2)CN(C(=O)[C@H]2CCN(C)C[C@@H]2c2ccccc2)[C@H](C)C3)cn1. The van der Waals surface area contributed by atoms with Crippen molar-refractivity contribution in [1.82, 2.24) is 29.5 Å². The number of anilines is 1. The van der Waals surface area contributed by atoms with Gasteiger partial charge < -0.3 is 15.1 Å². The number of aromatic nitrogens is 4. The van der Waals surface area contributed by atoms with E-state index < -0.39 is 0 Å². The predicted octanol–water partition coefficient (Wildman–Crippen LogP) is 3.87. The van der Waals surface area contributed by atoms with Crippen molar-refractivity contribution in [3.8, 4) is 0 Å². The Morgan fingerprint density at radius 1 is 1.19 bits per heavy atom. The van der Waals surface area contributed by atoms with Gasteiger partial charge in [-0.2, -0.15) is 5.10 Å². The summed E-state index contributed by atoms with van der Waals surface area (Å²) in [5.74, 6) is 1.05. The van der Waals surface area contributed by atoms with Crippen molar-refractivity contribution in [2.45, 2.75) is 64.7 Å². The smallest absolute Gasteiger partial charge is 0.227 e. The van der Waals surface area contributed by atoms with Crippen LogP contribution in [0.15, 0.2) is 48.9 Å². The number of rotatable bonds is 6. The fourth-order valence-electron chi connectivity index (χ4n) is 5.47. The maximum absolute atomic E-state index is 14.0. The number of piperidine rings is 1. The largest absolute Gasteiger partial charge is 0.350 e. The molecule has 1 aromatic carbocycles. The molecule has 1 saturated heterocycles. The number of nitrogens with zero attached hydrogens (tertiary/aromatic N) is 6. The molecule has 1 fully saturated rings. The van der Waals surface area contributed by atoms with Crippen LogP contribution in [0.25, 0.3) is 0 Å². The van der Waals surface area contributed by atoms with E-state index in [9.17, 15) is 4.79 Å². The quantitative estimate of drug-likeness (QED) is 0.569. The molecule has 8 nitrogen and oxygen atoms in total. The fourth-order valence-corrected chi connectivity index (χ4v) is 5.47. The molecular weight excluding hydrogens is 450 g/mol. The summed E-state index contributed by atoms with van der Waals surface area (Å²) in [5.41, 5.74) is 4.42. The van der Waals surface area contributed by atoms with E-state index in [0.29, 0.717) is 25.1 Å². The fraction of sp³-hybridized carbons (Fsp3) is 0.500. The summed E-state index contributed by atoms with van der Waals surface area (Å²) in [6.45, 7) is 9.36. The van der Waals surface area contributed by atoms with Gasteiger partial charge >= 0.3 is 0 Å². The minimum Gasteiger partial charge on any atom is -0.350 e. The number of likely N-dealkylation sites (tertiary alicyclic amines) is 1. The van der Waals surface area contributed by atoms with Crippen LogP contribution in [0, 0.1) is 5.92 Å². The molecule has 2 aliphatic heterocycles. The van der Waals surface area contributed by atoms with E-state index in [0.717, 1.165) is 42.8 Å². The molecule has 8 heteroatoms. The van der Waals surface area contributed by atoms with Gasteiger partial charge in [-0.1, -0.05) is 30.3 Å². The molecule has 3 atom stereocenters. The summed E-state index contributed by atoms with van der Waals surface area (Å²) in [4.78, 5) is 27.7. The number of amides is 1. The van der Waals surface area contributed by atoms with E-state index in [-0.39, 0.29) is 23.8 Å². The highest BCUT2D eigenvalue weighted by Gasteiger charge is 2.39. The van der Waals surface area contributed by atoms with Crippen molar-refractivity contribution in [1.29, 1.82) is 0 Å². The van der Waals surface area contributed by atoms with Crippen molar-refractivity contribution >= 4 is 11.9 Å². The van der Waals surface area contributed by atoms with Crippen LogP contribution in [0.4, 0.5) is 5.95 Å². The van der Waals surface area contributed by atoms with Crippen LogP contribution in [0.5, 0.6) is 0 Å². The topological polar surface area (TPSA) is 79.2 Å². The minimum atomic E-state index is -0.00970. The molecule has 0 bridgehead atoms. The molecule has 2 aromatic heterocycles. The van der Waals surface area contributed by atoms with Crippen LogP contribution in [-0.2, 0) is 24.3 Å². The van der Waals surface area contributed by atoms with E-state index in [1.807, 2.05) is 29.3 Å². The predicted molar refractivity (Wildman–Crippen MR) is 140 cm³/mol. The third-order valence-electron chi connectivity index (χ3n) is 7.60. The molecule has 36 heavy (non-hydrogen) atoms. The van der Waals surface area contributed by atoms with Crippen LogP contribution in [-0.4, -0.2) is 61.6 Å². The van der Waals surface area contributed by atoms with Gasteiger partial charge in [0.25, 0.3) is 0 Å². The van der Waals surface area contributed by atoms with E-state index >= 15 is 0 Å². The Kier molecular flexibility index (Phi) is 7.05. The lowest BCUT2D eigenvalue weighted by atomic mass is 9.79. The molecule has 1 amide bonds. The number of fused-ring (bicyclic) bond motifs is 1. The Labute approximate surface area is 213 Å². The zero-order valence-corrected chi connectivity index (χ0v) is 21.8. The lowest BCUT2D eigenvalue weighted by molar-refractivity contribution is -0.141. The van der Waals surface area contributed by atoms with Gasteiger partial charge in [-0.05, 0) is 58.3 Å². The van der Waals surface area contributed by atoms with Crippen LogP contribution in [0.3, 0.4) is 0 Å². The molecule has 190 valence electrons. The highest BCUT2D eigenvalue weighted by Crippen LogP contribution is 2.35. The molecule has 0 radical (unpaired) electrons. The van der Waals surface area contributed by atoms with Crippen molar-refractivity contribution in [3.05, 3.63) is 71.3 Å². The second kappa shape index (κ2) is 10.4. The van der Waals surface area contributed by atoms with Crippen LogP contribution < -0.4 is 5.32 Å². The van der Waals surface area contributed by atoms with Crippen LogP contribution >= 0.6 is 0 Å². The normalized spacial score (nSPS) is 22.5. The summed E-state index contributed by atoms with van der Waals surface area (Å²) in [6, 6.07) is 11.0. The van der Waals surface area contributed by atoms with Gasteiger partial charge in [0, 0.05) is 55.0 Å². The van der Waals surface area contributed by atoms with Gasteiger partial charge in [0.15, 0.2) is 0 Å². The summed E-state index contributed by atoms with van der Waals surface area (Å²) in [7, 11) is 2.15. The molecule has 5 rings (SSSR count). The first-order chi connectivity index (χ1) is 17.4. The summed E-state index contributed by atoms with van der Waals surface area (Å²) >= 11 is 0. The van der Waals surface area contributed by atoms with Crippen LogP contribution in [0.2, 0.25) is 0 Å². The summed E-state index contributed by atoms with van der Waals surface area (Å²) < 4.78 is 1.95. The average Bonchev–Trinajstić information content (AvgIpc) is 3.37. The molecule has 0 saturated carbocycles. The van der Waals surface area contributed by atoms with Gasteiger partial charge in [-0.3, -0.25) is 9.48 Å². The Morgan fingerprint density at radius 2 is 2.00 bits per heavy atom. The van der Waals surface area contributed by atoms with Crippen molar-refractivity contribution < 1.29 is 4.79 Å². The lowest BCUT2D eigenvalue weighted by Gasteiger charge is -2.42. The number of carbonyl (C=O) groups is 1. The first-order valence-corrected chi connectivity index (χ1v) is 13.0. The Balaban J connectivity index is 1.31. The number of benzene rings is 1. The number of likely N-dealkylation sites (N-methyl/N-ethyl adjacent to an activating group) is 1. The number of nitrogens with one attached hydrogen (secondary N) is 1. The molecule has 0 aliphatic carbocycles. The number of carbonyl (C=O) groups excluding carboxylic acids is 1. The Morgan fingerprint density at radius 3 is 2.75 bits per heavy atom. The molecule has 0 unspecified atom stereocenters. The first kappa shape index (κ1) is 24.4. The van der Waals surface area contributed by atoms with Crippen molar-refractivity contribution in [2.24, 2.45) is 5.92 Å². The Bertz CT molecular complexity index is 1190. The first-order valence-electron chi connectivity index (χ1n) is 13.0. The number of hydrogen-bond acceptors (Lipinski definition) is 6. The highest BCUT2D eigenvalue weighted by molar-refractivity contribution is 5.80. The van der Waals surface area contributed by atoms with Gasteiger partial charge in [0.2, 0.25) is 11.9 Å². The van der Waals surface area contributed by atoms with E-state index in [1.165, 1.54) is 5.56 Å². The van der Waals surface area contributed by atoms with E-state index in [4.69, 9.17) is 4.98 Å². The molecule has 2 aliphatic rings. The molecule has 3 aromatic rings. The van der Waals surface area contributed by atoms with Crippen molar-refractivity contribution in [2.75, 3.05) is 25.5 Å².